The third-order valence-corrected chi connectivity index (χ3v) is 2.93. The first-order valence-electron chi connectivity index (χ1n) is 5.22. The van der Waals surface area contributed by atoms with Crippen LogP contribution in [0.4, 0.5) is 13.2 Å². The van der Waals surface area contributed by atoms with Crippen LogP contribution in [-0.4, -0.2) is 18.1 Å². The van der Waals surface area contributed by atoms with Crippen LogP contribution in [-0.2, 0) is 0 Å². The molecule has 1 fully saturated rings. The van der Waals surface area contributed by atoms with Crippen molar-refractivity contribution in [3.63, 3.8) is 0 Å². The summed E-state index contributed by atoms with van der Waals surface area (Å²) in [4.78, 5) is 0. The summed E-state index contributed by atoms with van der Waals surface area (Å²) in [6.45, 7) is 1.33. The molecular formula is C11H13F3N2. The Morgan fingerprint density at radius 3 is 2.38 bits per heavy atom. The number of nitrogens with two attached hydrogens (primary N) is 1. The van der Waals surface area contributed by atoms with Gasteiger partial charge in [0.05, 0.1) is 0 Å². The van der Waals surface area contributed by atoms with E-state index in [1.807, 2.05) is 0 Å². The van der Waals surface area contributed by atoms with E-state index in [1.54, 1.807) is 5.01 Å². The summed E-state index contributed by atoms with van der Waals surface area (Å²) < 4.78 is 38.8. The third-order valence-electron chi connectivity index (χ3n) is 2.93. The minimum absolute atomic E-state index is 0.0247. The molecule has 0 saturated carbocycles. The van der Waals surface area contributed by atoms with E-state index in [1.165, 1.54) is 0 Å². The summed E-state index contributed by atoms with van der Waals surface area (Å²) in [5.41, 5.74) is 0.478. The highest BCUT2D eigenvalue weighted by Gasteiger charge is 2.22. The van der Waals surface area contributed by atoms with Crippen LogP contribution in [0.2, 0.25) is 0 Å². The van der Waals surface area contributed by atoms with Gasteiger partial charge in [0.15, 0.2) is 17.5 Å². The predicted molar refractivity (Wildman–Crippen MR) is 54.1 cm³/mol. The first-order valence-corrected chi connectivity index (χ1v) is 5.22. The minimum atomic E-state index is -1.41. The second-order valence-electron chi connectivity index (χ2n) is 4.13. The maximum atomic E-state index is 13.0. The molecule has 1 aromatic rings. The second kappa shape index (κ2) is 4.43. The van der Waals surface area contributed by atoms with E-state index in [9.17, 15) is 13.2 Å². The smallest absolute Gasteiger partial charge is 0.194 e. The van der Waals surface area contributed by atoms with Crippen molar-refractivity contribution in [2.24, 2.45) is 5.84 Å². The standard InChI is InChI=1S/C11H13F3N2/c12-9-4-8(5-10(13)11(9)14)7-2-1-3-16(15)6-7/h4-5,7H,1-3,6,15H2. The number of halogens is 3. The zero-order chi connectivity index (χ0) is 11.7. The zero-order valence-corrected chi connectivity index (χ0v) is 8.72. The SMILES string of the molecule is NN1CCCC(c2cc(F)c(F)c(F)c2)C1. The fraction of sp³-hybridized carbons (Fsp3) is 0.455. The minimum Gasteiger partial charge on any atom is -0.269 e. The highest BCUT2D eigenvalue weighted by atomic mass is 19.2. The fourth-order valence-corrected chi connectivity index (χ4v) is 2.09. The van der Waals surface area contributed by atoms with Crippen LogP contribution in [0.25, 0.3) is 0 Å². The molecule has 2 rings (SSSR count). The molecule has 0 aromatic heterocycles. The molecule has 1 aromatic carbocycles. The van der Waals surface area contributed by atoms with E-state index in [0.29, 0.717) is 12.1 Å². The Labute approximate surface area is 91.8 Å². The molecule has 1 aliphatic heterocycles. The molecule has 16 heavy (non-hydrogen) atoms. The van der Waals surface area contributed by atoms with Gasteiger partial charge in [0.1, 0.15) is 0 Å². The van der Waals surface area contributed by atoms with Crippen LogP contribution >= 0.6 is 0 Å². The molecule has 5 heteroatoms. The number of nitrogens with zero attached hydrogens (tertiary/aromatic N) is 1. The van der Waals surface area contributed by atoms with Crippen molar-refractivity contribution in [3.8, 4) is 0 Å². The van der Waals surface area contributed by atoms with E-state index in [4.69, 9.17) is 5.84 Å². The maximum Gasteiger partial charge on any atom is 0.194 e. The summed E-state index contributed by atoms with van der Waals surface area (Å²) in [6, 6.07) is 2.12. The Morgan fingerprint density at radius 2 is 1.81 bits per heavy atom. The van der Waals surface area contributed by atoms with Gasteiger partial charge in [-0.15, -0.1) is 0 Å². The highest BCUT2D eigenvalue weighted by Crippen LogP contribution is 2.27. The van der Waals surface area contributed by atoms with Crippen LogP contribution in [0.15, 0.2) is 12.1 Å². The van der Waals surface area contributed by atoms with Crippen LogP contribution < -0.4 is 5.84 Å². The molecule has 0 radical (unpaired) electrons. The van der Waals surface area contributed by atoms with Crippen molar-refractivity contribution in [1.82, 2.24) is 5.01 Å². The maximum absolute atomic E-state index is 13.0. The van der Waals surface area contributed by atoms with Crippen molar-refractivity contribution in [2.45, 2.75) is 18.8 Å². The van der Waals surface area contributed by atoms with Crippen molar-refractivity contribution in [3.05, 3.63) is 35.1 Å². The van der Waals surface area contributed by atoms with Gasteiger partial charge in [-0.25, -0.2) is 18.2 Å². The number of hydrogen-bond donors (Lipinski definition) is 1. The molecule has 2 N–H and O–H groups in total. The molecule has 1 aliphatic rings. The molecular weight excluding hydrogens is 217 g/mol. The van der Waals surface area contributed by atoms with Gasteiger partial charge >= 0.3 is 0 Å². The zero-order valence-electron chi connectivity index (χ0n) is 8.72. The Kier molecular flexibility index (Phi) is 3.16. The normalized spacial score (nSPS) is 22.4. The molecule has 2 nitrogen and oxygen atoms in total. The van der Waals surface area contributed by atoms with Gasteiger partial charge in [-0.2, -0.15) is 0 Å². The van der Waals surface area contributed by atoms with E-state index in [0.717, 1.165) is 31.5 Å². The van der Waals surface area contributed by atoms with E-state index >= 15 is 0 Å². The Balaban J connectivity index is 2.26. The van der Waals surface area contributed by atoms with Gasteiger partial charge in [0.25, 0.3) is 0 Å². The molecule has 0 spiro atoms. The first-order chi connectivity index (χ1) is 7.58. The first kappa shape index (κ1) is 11.4. The number of hydrazine groups is 1. The molecule has 1 heterocycles. The molecule has 88 valence electrons. The van der Waals surface area contributed by atoms with E-state index in [-0.39, 0.29) is 5.92 Å². The number of hydrogen-bond acceptors (Lipinski definition) is 2. The van der Waals surface area contributed by atoms with Gasteiger partial charge in [0, 0.05) is 13.1 Å². The average molecular weight is 230 g/mol. The van der Waals surface area contributed by atoms with Crippen molar-refractivity contribution < 1.29 is 13.2 Å². The summed E-state index contributed by atoms with van der Waals surface area (Å²) in [7, 11) is 0. The number of rotatable bonds is 1. The van der Waals surface area contributed by atoms with Crippen molar-refractivity contribution >= 4 is 0 Å². The summed E-state index contributed by atoms with van der Waals surface area (Å²) in [5.74, 6) is 1.93. The monoisotopic (exact) mass is 230 g/mol. The molecule has 1 unspecified atom stereocenters. The lowest BCUT2D eigenvalue weighted by Crippen LogP contribution is -2.39. The topological polar surface area (TPSA) is 29.3 Å². The molecule has 0 amide bonds. The summed E-state index contributed by atoms with van der Waals surface area (Å²) in [6.07, 6.45) is 1.69. The van der Waals surface area contributed by atoms with Gasteiger partial charge in [-0.05, 0) is 36.5 Å². The van der Waals surface area contributed by atoms with E-state index < -0.39 is 17.5 Å². The number of piperidine rings is 1. The van der Waals surface area contributed by atoms with Crippen LogP contribution in [0.1, 0.15) is 24.3 Å². The Hall–Kier alpha value is -1.07. The average Bonchev–Trinajstić information content (AvgIpc) is 2.25. The van der Waals surface area contributed by atoms with E-state index in [2.05, 4.69) is 0 Å². The summed E-state index contributed by atoms with van der Waals surface area (Å²) in [5, 5.41) is 1.62. The van der Waals surface area contributed by atoms with Gasteiger partial charge in [-0.3, -0.25) is 5.84 Å². The Bertz CT molecular complexity index is 372. The molecule has 0 aliphatic carbocycles. The Morgan fingerprint density at radius 1 is 1.19 bits per heavy atom. The molecule has 1 saturated heterocycles. The lowest BCUT2D eigenvalue weighted by atomic mass is 9.91. The summed E-state index contributed by atoms with van der Waals surface area (Å²) >= 11 is 0. The molecule has 1 atom stereocenters. The third kappa shape index (κ3) is 2.20. The van der Waals surface area contributed by atoms with Crippen molar-refractivity contribution in [1.29, 1.82) is 0 Å². The van der Waals surface area contributed by atoms with Crippen molar-refractivity contribution in [2.75, 3.05) is 13.1 Å². The van der Waals surface area contributed by atoms with Crippen LogP contribution in [0.5, 0.6) is 0 Å². The number of benzene rings is 1. The largest absolute Gasteiger partial charge is 0.269 e. The van der Waals surface area contributed by atoms with Gasteiger partial charge < -0.3 is 0 Å². The molecule has 0 bridgehead atoms. The quantitative estimate of drug-likeness (QED) is 0.591. The highest BCUT2D eigenvalue weighted by molar-refractivity contribution is 5.23. The second-order valence-corrected chi connectivity index (χ2v) is 4.13. The van der Waals surface area contributed by atoms with Gasteiger partial charge in [-0.1, -0.05) is 0 Å². The lowest BCUT2D eigenvalue weighted by molar-refractivity contribution is 0.212. The fourth-order valence-electron chi connectivity index (χ4n) is 2.09. The van der Waals surface area contributed by atoms with Gasteiger partial charge in [0.2, 0.25) is 0 Å². The van der Waals surface area contributed by atoms with Crippen LogP contribution in [0, 0.1) is 17.5 Å². The lowest BCUT2D eigenvalue weighted by Gasteiger charge is -2.29. The van der Waals surface area contributed by atoms with Crippen LogP contribution in [0.3, 0.4) is 0 Å². The predicted octanol–water partition coefficient (Wildman–Crippen LogP) is 2.16.